The van der Waals surface area contributed by atoms with Crippen molar-refractivity contribution in [1.29, 1.82) is 5.26 Å². The van der Waals surface area contributed by atoms with Crippen molar-refractivity contribution in [3.05, 3.63) is 54.0 Å². The van der Waals surface area contributed by atoms with Crippen molar-refractivity contribution in [2.24, 2.45) is 0 Å². The number of rotatable bonds is 4. The molecule has 0 spiro atoms. The maximum Gasteiger partial charge on any atom is 0.260 e. The maximum atomic E-state index is 12.2. The molecule has 0 N–H and O–H groups in total. The van der Waals surface area contributed by atoms with Crippen LogP contribution in [0.4, 0.5) is 0 Å². The van der Waals surface area contributed by atoms with E-state index in [-0.39, 0.29) is 18.4 Å². The summed E-state index contributed by atoms with van der Waals surface area (Å²) >= 11 is 0. The minimum atomic E-state index is -0.125. The number of nitriles is 1. The lowest BCUT2D eigenvalue weighted by atomic mass is 10.2. The zero-order valence-corrected chi connectivity index (χ0v) is 13.6. The smallest absolute Gasteiger partial charge is 0.260 e. The largest absolute Gasteiger partial charge is 0.484 e. The summed E-state index contributed by atoms with van der Waals surface area (Å²) in [7, 11) is 0. The highest BCUT2D eigenvalue weighted by Crippen LogP contribution is 2.13. The van der Waals surface area contributed by atoms with Crippen LogP contribution in [0.15, 0.2) is 47.3 Å². The van der Waals surface area contributed by atoms with Crippen LogP contribution in [0.1, 0.15) is 15.9 Å². The molecular weight excluding hydrogens is 322 g/mol. The first-order valence-corrected chi connectivity index (χ1v) is 7.89. The SMILES string of the molecule is N#Cc1ccc(OCC(=O)N2CCN(C(=O)c3ccoc3)CC2)cc1. The molecule has 1 aliphatic rings. The van der Waals surface area contributed by atoms with Gasteiger partial charge in [0.25, 0.3) is 11.8 Å². The average molecular weight is 339 g/mol. The van der Waals surface area contributed by atoms with Gasteiger partial charge in [0, 0.05) is 26.2 Å². The van der Waals surface area contributed by atoms with Crippen molar-refractivity contribution < 1.29 is 18.7 Å². The lowest BCUT2D eigenvalue weighted by Gasteiger charge is -2.34. The van der Waals surface area contributed by atoms with Gasteiger partial charge in [-0.3, -0.25) is 9.59 Å². The summed E-state index contributed by atoms with van der Waals surface area (Å²) in [5, 5.41) is 8.75. The van der Waals surface area contributed by atoms with E-state index in [4.69, 9.17) is 14.4 Å². The second-order valence-corrected chi connectivity index (χ2v) is 5.61. The summed E-state index contributed by atoms with van der Waals surface area (Å²) in [4.78, 5) is 27.8. The van der Waals surface area contributed by atoms with E-state index in [0.717, 1.165) is 0 Å². The zero-order chi connectivity index (χ0) is 17.6. The average Bonchev–Trinajstić information content (AvgIpc) is 3.21. The van der Waals surface area contributed by atoms with Crippen molar-refractivity contribution in [1.82, 2.24) is 9.80 Å². The standard InChI is InChI=1S/C18H17N3O4/c19-11-14-1-3-16(4-2-14)25-13-17(22)20-6-8-21(9-7-20)18(23)15-5-10-24-12-15/h1-5,10,12H,6-9,13H2. The molecule has 128 valence electrons. The van der Waals surface area contributed by atoms with Crippen LogP contribution in [0.3, 0.4) is 0 Å². The van der Waals surface area contributed by atoms with Gasteiger partial charge < -0.3 is 19.0 Å². The number of carbonyl (C=O) groups excluding carboxylic acids is 2. The van der Waals surface area contributed by atoms with Crippen LogP contribution in [0.2, 0.25) is 0 Å². The molecule has 1 aromatic heterocycles. The van der Waals surface area contributed by atoms with Gasteiger partial charge in [-0.2, -0.15) is 5.26 Å². The highest BCUT2D eigenvalue weighted by molar-refractivity contribution is 5.94. The molecule has 0 unspecified atom stereocenters. The molecule has 1 aliphatic heterocycles. The predicted molar refractivity (Wildman–Crippen MR) is 87.8 cm³/mol. The van der Waals surface area contributed by atoms with Crippen LogP contribution in [0.5, 0.6) is 5.75 Å². The van der Waals surface area contributed by atoms with E-state index in [0.29, 0.717) is 43.1 Å². The topological polar surface area (TPSA) is 86.8 Å². The maximum absolute atomic E-state index is 12.2. The van der Waals surface area contributed by atoms with Gasteiger partial charge in [0.1, 0.15) is 12.0 Å². The minimum Gasteiger partial charge on any atom is -0.484 e. The number of hydrogen-bond donors (Lipinski definition) is 0. The number of ether oxygens (including phenoxy) is 1. The van der Waals surface area contributed by atoms with Crippen LogP contribution in [-0.2, 0) is 4.79 Å². The number of carbonyl (C=O) groups is 2. The molecule has 1 fully saturated rings. The van der Waals surface area contributed by atoms with Gasteiger partial charge in [0.2, 0.25) is 0 Å². The van der Waals surface area contributed by atoms with Crippen LogP contribution >= 0.6 is 0 Å². The fourth-order valence-corrected chi connectivity index (χ4v) is 2.59. The van der Waals surface area contributed by atoms with Crippen molar-refractivity contribution >= 4 is 11.8 Å². The molecule has 0 bridgehead atoms. The van der Waals surface area contributed by atoms with Crippen LogP contribution in [0.25, 0.3) is 0 Å². The molecule has 0 atom stereocenters. The van der Waals surface area contributed by atoms with E-state index in [1.807, 2.05) is 6.07 Å². The third-order valence-corrected chi connectivity index (χ3v) is 4.03. The lowest BCUT2D eigenvalue weighted by molar-refractivity contribution is -0.134. The van der Waals surface area contributed by atoms with Crippen molar-refractivity contribution in [3.63, 3.8) is 0 Å². The second-order valence-electron chi connectivity index (χ2n) is 5.61. The molecule has 3 rings (SSSR count). The fraction of sp³-hybridized carbons (Fsp3) is 0.278. The quantitative estimate of drug-likeness (QED) is 0.843. The van der Waals surface area contributed by atoms with Gasteiger partial charge >= 0.3 is 0 Å². The molecule has 2 amide bonds. The molecule has 7 heteroatoms. The summed E-state index contributed by atoms with van der Waals surface area (Å²) in [6.45, 7) is 1.83. The fourth-order valence-electron chi connectivity index (χ4n) is 2.59. The Labute approximate surface area is 145 Å². The molecule has 1 saturated heterocycles. The summed E-state index contributed by atoms with van der Waals surface area (Å²) in [5.74, 6) is 0.329. The molecule has 0 saturated carbocycles. The first kappa shape index (κ1) is 16.6. The lowest BCUT2D eigenvalue weighted by Crippen LogP contribution is -2.51. The van der Waals surface area contributed by atoms with Crippen LogP contribution in [0, 0.1) is 11.3 Å². The molecule has 0 aliphatic carbocycles. The first-order valence-electron chi connectivity index (χ1n) is 7.89. The van der Waals surface area contributed by atoms with Crippen molar-refractivity contribution in [3.8, 4) is 11.8 Å². The molecular formula is C18H17N3O4. The van der Waals surface area contributed by atoms with E-state index in [1.54, 1.807) is 40.1 Å². The Morgan fingerprint density at radius 3 is 2.36 bits per heavy atom. The predicted octanol–water partition coefficient (Wildman–Crippen LogP) is 1.51. The first-order chi connectivity index (χ1) is 12.2. The summed E-state index contributed by atoms with van der Waals surface area (Å²) in [6.07, 6.45) is 2.89. The third-order valence-electron chi connectivity index (χ3n) is 4.03. The highest BCUT2D eigenvalue weighted by atomic mass is 16.5. The van der Waals surface area contributed by atoms with E-state index in [1.165, 1.54) is 12.5 Å². The molecule has 7 nitrogen and oxygen atoms in total. The van der Waals surface area contributed by atoms with E-state index in [2.05, 4.69) is 0 Å². The summed E-state index contributed by atoms with van der Waals surface area (Å²) in [6, 6.07) is 10.3. The van der Waals surface area contributed by atoms with Crippen LogP contribution in [-0.4, -0.2) is 54.4 Å². The number of benzene rings is 1. The molecule has 25 heavy (non-hydrogen) atoms. The Kier molecular flexibility index (Phi) is 5.00. The summed E-state index contributed by atoms with van der Waals surface area (Å²) in [5.41, 5.74) is 1.06. The highest BCUT2D eigenvalue weighted by Gasteiger charge is 2.25. The second kappa shape index (κ2) is 7.53. The molecule has 2 heterocycles. The molecule has 1 aromatic carbocycles. The number of nitrogens with zero attached hydrogens (tertiary/aromatic N) is 3. The Hall–Kier alpha value is -3.27. The van der Waals surface area contributed by atoms with Gasteiger partial charge in [0.15, 0.2) is 6.61 Å². The molecule has 2 aromatic rings. The minimum absolute atomic E-state index is 0.0679. The molecule has 0 radical (unpaired) electrons. The van der Waals surface area contributed by atoms with E-state index >= 15 is 0 Å². The Morgan fingerprint density at radius 1 is 1.08 bits per heavy atom. The van der Waals surface area contributed by atoms with Gasteiger partial charge in [-0.15, -0.1) is 0 Å². The monoisotopic (exact) mass is 339 g/mol. The van der Waals surface area contributed by atoms with Gasteiger partial charge in [0.05, 0.1) is 23.5 Å². The van der Waals surface area contributed by atoms with E-state index < -0.39 is 0 Å². The van der Waals surface area contributed by atoms with Gasteiger partial charge in [-0.05, 0) is 30.3 Å². The van der Waals surface area contributed by atoms with Crippen molar-refractivity contribution in [2.75, 3.05) is 32.8 Å². The van der Waals surface area contributed by atoms with Gasteiger partial charge in [-0.25, -0.2) is 0 Å². The van der Waals surface area contributed by atoms with E-state index in [9.17, 15) is 9.59 Å². The number of amides is 2. The third kappa shape index (κ3) is 3.98. The Balaban J connectivity index is 1.46. The van der Waals surface area contributed by atoms with Crippen molar-refractivity contribution in [2.45, 2.75) is 0 Å². The number of furan rings is 1. The number of hydrogen-bond acceptors (Lipinski definition) is 5. The number of piperazine rings is 1. The summed E-state index contributed by atoms with van der Waals surface area (Å²) < 4.78 is 10.4. The zero-order valence-electron chi connectivity index (χ0n) is 13.6. The van der Waals surface area contributed by atoms with Crippen LogP contribution < -0.4 is 4.74 Å². The Bertz CT molecular complexity index is 770. The Morgan fingerprint density at radius 2 is 1.76 bits per heavy atom. The van der Waals surface area contributed by atoms with Gasteiger partial charge in [-0.1, -0.05) is 0 Å². The normalized spacial score (nSPS) is 14.0.